The average Bonchev–Trinajstić information content (AvgIpc) is 3.22. The van der Waals surface area contributed by atoms with E-state index in [0.717, 1.165) is 22.7 Å². The Kier molecular flexibility index (Phi) is 10.6. The van der Waals surface area contributed by atoms with Crippen molar-refractivity contribution >= 4 is 57.7 Å². The van der Waals surface area contributed by atoms with Gasteiger partial charge in [0.1, 0.15) is 17.0 Å². The molecule has 0 unspecified atom stereocenters. The van der Waals surface area contributed by atoms with Crippen molar-refractivity contribution in [1.29, 1.82) is 0 Å². The van der Waals surface area contributed by atoms with Crippen molar-refractivity contribution in [3.8, 4) is 0 Å². The Bertz CT molecular complexity index is 1100. The smallest absolute Gasteiger partial charge is 0.543 e. The first-order valence-corrected chi connectivity index (χ1v) is 12.9. The fourth-order valence-corrected chi connectivity index (χ4v) is 5.49. The Labute approximate surface area is 239 Å². The van der Waals surface area contributed by atoms with E-state index in [1.165, 1.54) is 11.8 Å². The third-order valence-electron chi connectivity index (χ3n) is 4.99. The Hall–Kier alpha value is -1.90. The number of thioether (sulfide) groups is 1. The molecule has 3 amide bonds. The predicted molar refractivity (Wildman–Crippen MR) is 129 cm³/mol. The van der Waals surface area contributed by atoms with Crippen LogP contribution in [0.5, 0.6) is 0 Å². The molecule has 0 saturated carbocycles. The van der Waals surface area contributed by atoms with Gasteiger partial charge < -0.3 is 25.1 Å². The molecule has 0 spiro atoms. The van der Waals surface area contributed by atoms with Gasteiger partial charge in [-0.3, -0.25) is 19.8 Å². The minimum atomic E-state index is -1.55. The van der Waals surface area contributed by atoms with E-state index in [1.807, 2.05) is 6.92 Å². The van der Waals surface area contributed by atoms with Crippen LogP contribution in [-0.4, -0.2) is 68.2 Å². The molecule has 3 heterocycles. The van der Waals surface area contributed by atoms with E-state index in [0.29, 0.717) is 12.1 Å². The van der Waals surface area contributed by atoms with Crippen molar-refractivity contribution in [2.45, 2.75) is 57.6 Å². The molecule has 14 heteroatoms. The summed E-state index contributed by atoms with van der Waals surface area (Å²) in [4.78, 5) is 54.8. The van der Waals surface area contributed by atoms with Crippen molar-refractivity contribution in [2.24, 2.45) is 0 Å². The van der Waals surface area contributed by atoms with E-state index in [1.54, 1.807) is 32.2 Å². The number of carbonyl (C=O) groups excluding carboxylic acids is 4. The minimum absolute atomic E-state index is 0. The first-order valence-electron chi connectivity index (χ1n) is 10.9. The normalized spacial score (nSPS) is 19.6. The van der Waals surface area contributed by atoms with Crippen LogP contribution in [0.4, 0.5) is 9.93 Å². The molecule has 0 bridgehead atoms. The number of aromatic nitrogens is 1. The van der Waals surface area contributed by atoms with Crippen LogP contribution >= 0.6 is 23.1 Å². The summed E-state index contributed by atoms with van der Waals surface area (Å²) in [6.45, 7) is 6.65. The fourth-order valence-electron chi connectivity index (χ4n) is 3.46. The van der Waals surface area contributed by atoms with Crippen LogP contribution in [0.25, 0.3) is 5.57 Å². The number of ether oxygens (including phenoxy) is 1. The van der Waals surface area contributed by atoms with Gasteiger partial charge >= 0.3 is 35.7 Å². The van der Waals surface area contributed by atoms with Gasteiger partial charge in [0.05, 0.1) is 29.5 Å². The number of aliphatic hydroxyl groups excluding tert-OH is 1. The number of nitrogens with zero attached hydrogens (tertiary/aromatic N) is 2. The maximum Gasteiger partial charge on any atom is 1.00 e. The van der Waals surface area contributed by atoms with Crippen molar-refractivity contribution in [3.63, 3.8) is 0 Å². The number of carbonyl (C=O) groups is 4. The van der Waals surface area contributed by atoms with E-state index < -0.39 is 47.5 Å². The number of β-lactam (4-membered cyclic amide) rings is 1. The van der Waals surface area contributed by atoms with Crippen LogP contribution in [0.15, 0.2) is 22.7 Å². The molecular weight excluding hydrogens is 519 g/mol. The van der Waals surface area contributed by atoms with Crippen LogP contribution in [0.2, 0.25) is 0 Å². The van der Waals surface area contributed by atoms with E-state index >= 15 is 0 Å². The van der Waals surface area contributed by atoms with Crippen LogP contribution in [0, 0.1) is 0 Å². The van der Waals surface area contributed by atoms with Crippen molar-refractivity contribution < 1.29 is 63.7 Å². The molecule has 36 heavy (non-hydrogen) atoms. The van der Waals surface area contributed by atoms with Gasteiger partial charge in [-0.1, -0.05) is 19.4 Å². The third kappa shape index (κ3) is 6.90. The number of allylic oxidation sites excluding steroid dienone is 1. The number of rotatable bonds is 8. The largest absolute Gasteiger partial charge is 1.00 e. The molecule has 3 rings (SSSR count). The average molecular weight is 547 g/mol. The topological polar surface area (TPSA) is 161 Å². The summed E-state index contributed by atoms with van der Waals surface area (Å²) in [5, 5.41) is 27.4. The number of hydrogen-bond donors (Lipinski definition) is 3. The summed E-state index contributed by atoms with van der Waals surface area (Å²) in [6, 6.07) is -0.940. The maximum atomic E-state index is 13.1. The van der Waals surface area contributed by atoms with Gasteiger partial charge in [0.2, 0.25) is 0 Å². The van der Waals surface area contributed by atoms with Crippen molar-refractivity contribution in [3.05, 3.63) is 28.4 Å². The number of anilines is 1. The Morgan fingerprint density at radius 3 is 2.64 bits per heavy atom. The standard InChI is InChI=1S/C22H28N4O7S2.Na/c1-5-6-7-12(13-10-35-20(23-13)25-21(32)33-22(2,3)4)16(28)24-14-17(29)26-15(19(30)31)11(8-27)9-34-18(14)26;/h7,10,14,18,27H,5-6,8-9H2,1-4H3,(H,24,28)(H,30,31)(H,23,25,32);/q;+1/p-1/t14-,18+;/m1./s1. The summed E-state index contributed by atoms with van der Waals surface area (Å²) in [5.74, 6) is -2.49. The van der Waals surface area contributed by atoms with Crippen LogP contribution in [0.3, 0.4) is 0 Å². The molecule has 2 atom stereocenters. The summed E-state index contributed by atoms with van der Waals surface area (Å²) >= 11 is 2.37. The Morgan fingerprint density at radius 2 is 2.06 bits per heavy atom. The molecule has 3 N–H and O–H groups in total. The number of nitrogens with one attached hydrogen (secondary N) is 2. The molecular formula is C22H27N4NaO7S2. The number of carboxylic acids is 1. The van der Waals surface area contributed by atoms with Crippen LogP contribution in [-0.2, 0) is 19.1 Å². The SMILES string of the molecule is CCCC=C(C(=O)N[C@@H]1C(=O)N2C(C(=O)[O-])=C(CO)CS[C@@H]12)c1csc(NC(=O)OC(C)(C)C)n1.[Na+]. The van der Waals surface area contributed by atoms with Crippen molar-refractivity contribution in [2.75, 3.05) is 17.7 Å². The van der Waals surface area contributed by atoms with E-state index in [9.17, 15) is 29.4 Å². The second kappa shape index (κ2) is 12.6. The summed E-state index contributed by atoms with van der Waals surface area (Å²) in [7, 11) is 0. The number of aliphatic carboxylic acids is 1. The summed E-state index contributed by atoms with van der Waals surface area (Å²) < 4.78 is 5.21. The zero-order chi connectivity index (χ0) is 25.9. The summed E-state index contributed by atoms with van der Waals surface area (Å²) in [6.07, 6.45) is 2.38. The molecule has 190 valence electrons. The van der Waals surface area contributed by atoms with E-state index in [-0.39, 0.29) is 57.3 Å². The minimum Gasteiger partial charge on any atom is -0.543 e. The monoisotopic (exact) mass is 546 g/mol. The number of amides is 3. The van der Waals surface area contributed by atoms with Gasteiger partial charge in [0, 0.05) is 11.1 Å². The molecule has 1 aromatic rings. The predicted octanol–water partition coefficient (Wildman–Crippen LogP) is -1.93. The zero-order valence-electron chi connectivity index (χ0n) is 20.7. The van der Waals surface area contributed by atoms with E-state index in [4.69, 9.17) is 4.74 Å². The van der Waals surface area contributed by atoms with Gasteiger partial charge in [0.15, 0.2) is 5.13 Å². The van der Waals surface area contributed by atoms with Gasteiger partial charge in [-0.15, -0.1) is 23.1 Å². The van der Waals surface area contributed by atoms with E-state index in [2.05, 4.69) is 15.6 Å². The summed E-state index contributed by atoms with van der Waals surface area (Å²) in [5.41, 5.74) is -0.268. The van der Waals surface area contributed by atoms with Gasteiger partial charge in [-0.05, 0) is 32.8 Å². The number of aliphatic hydroxyl groups is 1. The quantitative estimate of drug-likeness (QED) is 0.192. The molecule has 0 radical (unpaired) electrons. The molecule has 2 aliphatic heterocycles. The molecule has 2 aliphatic rings. The van der Waals surface area contributed by atoms with Gasteiger partial charge in [-0.2, -0.15) is 0 Å². The molecule has 1 saturated heterocycles. The first kappa shape index (κ1) is 30.3. The fraction of sp³-hybridized carbons (Fsp3) is 0.500. The number of carboxylic acid groups (broad SMARTS) is 1. The van der Waals surface area contributed by atoms with Crippen LogP contribution in [0.1, 0.15) is 46.2 Å². The maximum absolute atomic E-state index is 13.1. The molecule has 1 fully saturated rings. The van der Waals surface area contributed by atoms with Crippen molar-refractivity contribution in [1.82, 2.24) is 15.2 Å². The second-order valence-corrected chi connectivity index (χ2v) is 10.8. The van der Waals surface area contributed by atoms with Gasteiger partial charge in [-0.25, -0.2) is 9.78 Å². The Morgan fingerprint density at radius 1 is 1.36 bits per heavy atom. The number of hydrogen-bond acceptors (Lipinski definition) is 10. The Balaban J connectivity index is 0.00000456. The zero-order valence-corrected chi connectivity index (χ0v) is 24.4. The van der Waals surface area contributed by atoms with Gasteiger partial charge in [0.25, 0.3) is 11.8 Å². The molecule has 11 nitrogen and oxygen atoms in total. The molecule has 1 aromatic heterocycles. The third-order valence-corrected chi connectivity index (χ3v) is 7.09. The number of unbranched alkanes of at least 4 members (excludes halogenated alkanes) is 1. The number of thiazole rings is 1. The number of fused-ring (bicyclic) bond motifs is 1. The second-order valence-electron chi connectivity index (χ2n) is 8.83. The first-order chi connectivity index (χ1) is 16.5. The molecule has 0 aromatic carbocycles. The van der Waals surface area contributed by atoms with Crippen LogP contribution < -0.4 is 45.3 Å². The molecule has 0 aliphatic carbocycles.